The van der Waals surface area contributed by atoms with Gasteiger partial charge in [0.1, 0.15) is 11.4 Å². The van der Waals surface area contributed by atoms with Gasteiger partial charge in [0.05, 0.1) is 11.3 Å². The number of H-pyrrole nitrogens is 1. The maximum atomic E-state index is 12.3. The van der Waals surface area contributed by atoms with Crippen LogP contribution in [0.5, 0.6) is 0 Å². The maximum absolute atomic E-state index is 12.3. The number of nitrogens with one attached hydrogen (secondary N) is 2. The van der Waals surface area contributed by atoms with Crippen LogP contribution in [-0.4, -0.2) is 70.2 Å². The molecule has 182 valence electrons. The van der Waals surface area contributed by atoms with Crippen LogP contribution in [0.15, 0.2) is 42.7 Å². The summed E-state index contributed by atoms with van der Waals surface area (Å²) in [5, 5.41) is 2.88. The molecule has 9 nitrogen and oxygen atoms in total. The van der Waals surface area contributed by atoms with Crippen molar-refractivity contribution in [2.45, 2.75) is 32.8 Å². The number of rotatable bonds is 3. The number of amides is 2. The lowest BCUT2D eigenvalue weighted by atomic mass is 10.1. The Kier molecular flexibility index (Phi) is 5.92. The normalized spacial score (nSPS) is 16.0. The summed E-state index contributed by atoms with van der Waals surface area (Å²) in [5.41, 5.74) is 4.79. The van der Waals surface area contributed by atoms with Gasteiger partial charge in [-0.1, -0.05) is 0 Å². The van der Waals surface area contributed by atoms with Crippen LogP contribution in [0.25, 0.3) is 22.5 Å². The zero-order chi connectivity index (χ0) is 24.6. The second-order valence-electron chi connectivity index (χ2n) is 9.87. The maximum Gasteiger partial charge on any atom is 0.410 e. The van der Waals surface area contributed by atoms with Gasteiger partial charge in [0, 0.05) is 74.1 Å². The van der Waals surface area contributed by atoms with Crippen LogP contribution in [0.2, 0.25) is 0 Å². The van der Waals surface area contributed by atoms with Crippen LogP contribution in [0.4, 0.5) is 10.6 Å². The number of pyridine rings is 2. The molecule has 0 saturated carbocycles. The van der Waals surface area contributed by atoms with Crippen molar-refractivity contribution in [3.8, 4) is 22.5 Å². The smallest absolute Gasteiger partial charge is 0.410 e. The van der Waals surface area contributed by atoms with Gasteiger partial charge in [-0.3, -0.25) is 9.78 Å². The molecule has 0 radical (unpaired) electrons. The van der Waals surface area contributed by atoms with E-state index in [4.69, 9.17) is 4.74 Å². The van der Waals surface area contributed by atoms with E-state index in [9.17, 15) is 9.59 Å². The fourth-order valence-corrected chi connectivity index (χ4v) is 4.37. The average Bonchev–Trinajstić information content (AvgIpc) is 3.29. The fraction of sp³-hybridized carbons (Fsp3) is 0.385. The first kappa shape index (κ1) is 22.9. The van der Waals surface area contributed by atoms with Gasteiger partial charge >= 0.3 is 6.09 Å². The predicted octanol–water partition coefficient (Wildman–Crippen LogP) is 3.48. The Hall–Kier alpha value is -3.88. The highest BCUT2D eigenvalue weighted by molar-refractivity contribution is 5.97. The van der Waals surface area contributed by atoms with E-state index in [2.05, 4.69) is 25.2 Å². The van der Waals surface area contributed by atoms with Crippen molar-refractivity contribution in [3.05, 3.63) is 54.0 Å². The van der Waals surface area contributed by atoms with E-state index in [-0.39, 0.29) is 12.0 Å². The molecule has 2 aliphatic heterocycles. The van der Waals surface area contributed by atoms with E-state index in [0.29, 0.717) is 38.3 Å². The fourth-order valence-electron chi connectivity index (χ4n) is 4.37. The van der Waals surface area contributed by atoms with Crippen molar-refractivity contribution < 1.29 is 14.3 Å². The molecule has 3 aromatic rings. The average molecular weight is 475 g/mol. The third-order valence-corrected chi connectivity index (χ3v) is 6.17. The molecule has 3 aromatic heterocycles. The van der Waals surface area contributed by atoms with Gasteiger partial charge < -0.3 is 24.8 Å². The minimum Gasteiger partial charge on any atom is -0.444 e. The Balaban J connectivity index is 1.26. The van der Waals surface area contributed by atoms with Crippen LogP contribution < -0.4 is 10.2 Å². The lowest BCUT2D eigenvalue weighted by Crippen LogP contribution is -2.50. The van der Waals surface area contributed by atoms with Crippen molar-refractivity contribution in [2.24, 2.45) is 0 Å². The number of nitrogens with zero attached hydrogens (tertiary/aromatic N) is 4. The monoisotopic (exact) mass is 474 g/mol. The highest BCUT2D eigenvalue weighted by Crippen LogP contribution is 2.27. The number of aromatic nitrogens is 3. The number of hydrogen-bond acceptors (Lipinski definition) is 6. The zero-order valence-electron chi connectivity index (χ0n) is 20.3. The van der Waals surface area contributed by atoms with Gasteiger partial charge in [0.25, 0.3) is 5.91 Å². The van der Waals surface area contributed by atoms with E-state index < -0.39 is 5.60 Å². The van der Waals surface area contributed by atoms with Crippen molar-refractivity contribution in [1.82, 2.24) is 25.2 Å². The van der Waals surface area contributed by atoms with Crippen LogP contribution in [0.1, 0.15) is 36.8 Å². The molecule has 0 aromatic carbocycles. The Labute approximate surface area is 204 Å². The largest absolute Gasteiger partial charge is 0.444 e. The molecule has 0 bridgehead atoms. The first-order chi connectivity index (χ1) is 16.8. The molecule has 0 spiro atoms. The van der Waals surface area contributed by atoms with Gasteiger partial charge in [-0.2, -0.15) is 0 Å². The molecular weight excluding hydrogens is 444 g/mol. The highest BCUT2D eigenvalue weighted by Gasteiger charge is 2.26. The van der Waals surface area contributed by atoms with E-state index in [1.807, 2.05) is 57.3 Å². The molecule has 5 heterocycles. The van der Waals surface area contributed by atoms with Gasteiger partial charge in [-0.05, 0) is 51.1 Å². The predicted molar refractivity (Wildman–Crippen MR) is 133 cm³/mol. The standard InChI is InChI=1S/C26H30N6O3/c1-26(2,3)35-25(34)32-12-10-31(11-13-32)23-5-4-18(16-29-23)21-14-17(6-8-27-21)22-15-19-20(30-22)7-9-28-24(19)33/h4-6,8,14-16,30H,7,9-13H2,1-3H3,(H,28,33). The van der Waals surface area contributed by atoms with Gasteiger partial charge in [0.15, 0.2) is 0 Å². The summed E-state index contributed by atoms with van der Waals surface area (Å²) in [6, 6.07) is 9.85. The number of carbonyl (C=O) groups is 2. The zero-order valence-corrected chi connectivity index (χ0v) is 20.3. The van der Waals surface area contributed by atoms with Gasteiger partial charge in [0.2, 0.25) is 0 Å². The van der Waals surface area contributed by atoms with Crippen LogP contribution >= 0.6 is 0 Å². The number of aromatic amines is 1. The quantitative estimate of drug-likeness (QED) is 0.602. The highest BCUT2D eigenvalue weighted by atomic mass is 16.6. The number of piperazine rings is 1. The molecule has 2 aliphatic rings. The molecule has 1 saturated heterocycles. The minimum absolute atomic E-state index is 0.0326. The number of ether oxygens (including phenoxy) is 1. The minimum atomic E-state index is -0.494. The lowest BCUT2D eigenvalue weighted by Gasteiger charge is -2.36. The summed E-state index contributed by atoms with van der Waals surface area (Å²) in [7, 11) is 0. The molecule has 35 heavy (non-hydrogen) atoms. The van der Waals surface area contributed by atoms with E-state index in [1.165, 1.54) is 0 Å². The molecule has 1 fully saturated rings. The summed E-state index contributed by atoms with van der Waals surface area (Å²) in [5.74, 6) is 0.839. The Morgan fingerprint density at radius 2 is 1.83 bits per heavy atom. The number of fused-ring (bicyclic) bond motifs is 1. The summed E-state index contributed by atoms with van der Waals surface area (Å²) in [6.07, 6.45) is 4.13. The number of anilines is 1. The Bertz CT molecular complexity index is 1240. The molecule has 2 amide bonds. The lowest BCUT2D eigenvalue weighted by molar-refractivity contribution is 0.0240. The summed E-state index contributed by atoms with van der Waals surface area (Å²) >= 11 is 0. The summed E-state index contributed by atoms with van der Waals surface area (Å²) in [4.78, 5) is 40.9. The topological polar surface area (TPSA) is 103 Å². The molecule has 0 aliphatic carbocycles. The van der Waals surface area contributed by atoms with E-state index in [1.54, 1.807) is 11.1 Å². The van der Waals surface area contributed by atoms with Crippen LogP contribution in [0, 0.1) is 0 Å². The molecule has 0 atom stereocenters. The molecule has 2 N–H and O–H groups in total. The van der Waals surface area contributed by atoms with Crippen molar-refractivity contribution in [1.29, 1.82) is 0 Å². The van der Waals surface area contributed by atoms with E-state index in [0.717, 1.165) is 40.4 Å². The number of carbonyl (C=O) groups excluding carboxylic acids is 2. The SMILES string of the molecule is CC(C)(C)OC(=O)N1CCN(c2ccc(-c3cc(-c4cc5c([nH]4)CCNC5=O)ccn3)cn2)CC1. The Morgan fingerprint density at radius 1 is 1.03 bits per heavy atom. The first-order valence-electron chi connectivity index (χ1n) is 11.9. The first-order valence-corrected chi connectivity index (χ1v) is 11.9. The third-order valence-electron chi connectivity index (χ3n) is 6.17. The molecule has 5 rings (SSSR count). The third kappa shape index (κ3) is 4.99. The summed E-state index contributed by atoms with van der Waals surface area (Å²) < 4.78 is 5.48. The Morgan fingerprint density at radius 3 is 2.51 bits per heavy atom. The van der Waals surface area contributed by atoms with Crippen LogP contribution in [-0.2, 0) is 11.2 Å². The second-order valence-corrected chi connectivity index (χ2v) is 9.87. The van der Waals surface area contributed by atoms with E-state index >= 15 is 0 Å². The molecular formula is C26H30N6O3. The van der Waals surface area contributed by atoms with Crippen molar-refractivity contribution in [3.63, 3.8) is 0 Å². The van der Waals surface area contributed by atoms with Gasteiger partial charge in [-0.15, -0.1) is 0 Å². The van der Waals surface area contributed by atoms with Crippen LogP contribution in [0.3, 0.4) is 0 Å². The molecule has 9 heteroatoms. The summed E-state index contributed by atoms with van der Waals surface area (Å²) in [6.45, 7) is 8.87. The second kappa shape index (κ2) is 9.05. The number of hydrogen-bond donors (Lipinski definition) is 2. The van der Waals surface area contributed by atoms with Crippen molar-refractivity contribution >= 4 is 17.8 Å². The van der Waals surface area contributed by atoms with Gasteiger partial charge in [-0.25, -0.2) is 9.78 Å². The molecule has 0 unspecified atom stereocenters. The van der Waals surface area contributed by atoms with Crippen molar-refractivity contribution in [2.75, 3.05) is 37.6 Å².